The maximum Gasteiger partial charge on any atom is 0.179 e. The van der Waals surface area contributed by atoms with Crippen LogP contribution in [0.5, 0.6) is 0 Å². The van der Waals surface area contributed by atoms with Gasteiger partial charge in [0.25, 0.3) is 0 Å². The van der Waals surface area contributed by atoms with Crippen molar-refractivity contribution in [1.82, 2.24) is 9.55 Å². The maximum absolute atomic E-state index is 8.92. The number of halogens is 1. The van der Waals surface area contributed by atoms with E-state index in [1.807, 2.05) is 4.57 Å². The summed E-state index contributed by atoms with van der Waals surface area (Å²) in [4.78, 5) is 4.11. The fourth-order valence-corrected chi connectivity index (χ4v) is 2.13. The molecule has 0 radical (unpaired) electrons. The number of ether oxygens (including phenoxy) is 1. The number of nitrogens with zero attached hydrogens (tertiary/aromatic N) is 2. The summed E-state index contributed by atoms with van der Waals surface area (Å²) in [5.41, 5.74) is 0.650. The van der Waals surface area contributed by atoms with Crippen LogP contribution in [0.4, 0.5) is 0 Å². The van der Waals surface area contributed by atoms with Crippen LogP contribution < -0.4 is 0 Å². The summed E-state index contributed by atoms with van der Waals surface area (Å²) in [6.07, 6.45) is 8.60. The summed E-state index contributed by atoms with van der Waals surface area (Å²) < 4.78 is 8.10. The van der Waals surface area contributed by atoms with Crippen LogP contribution in [0.25, 0.3) is 0 Å². The molecule has 6 heteroatoms. The average Bonchev–Trinajstić information content (AvgIpc) is 2.53. The summed E-state index contributed by atoms with van der Waals surface area (Å²) in [5, 5.41) is 8.92. The number of rotatable bonds is 6. The normalized spacial score (nSPS) is 13.1. The Kier molecular flexibility index (Phi) is 5.30. The molecule has 0 saturated heterocycles. The van der Waals surface area contributed by atoms with E-state index in [2.05, 4.69) is 39.7 Å². The van der Waals surface area contributed by atoms with Gasteiger partial charge in [0.2, 0.25) is 0 Å². The summed E-state index contributed by atoms with van der Waals surface area (Å²) in [5.74, 6) is 1.10. The zero-order chi connectivity index (χ0) is 12.2. The lowest BCUT2D eigenvalue weighted by Crippen LogP contribution is -2.09. The number of hydrogen-bond acceptors (Lipinski definition) is 3. The molecule has 1 aromatic heterocycles. The first-order valence-electron chi connectivity index (χ1n) is 4.98. The molecule has 0 unspecified atom stereocenters. The molecule has 0 aliphatic rings. The van der Waals surface area contributed by atoms with Crippen molar-refractivity contribution < 1.29 is 9.84 Å². The van der Waals surface area contributed by atoms with Crippen LogP contribution in [-0.4, -0.2) is 45.8 Å². The van der Waals surface area contributed by atoms with Crippen molar-refractivity contribution in [3.05, 3.63) is 16.6 Å². The number of aliphatic hydroxyl groups is 1. The molecule has 0 fully saturated rings. The van der Waals surface area contributed by atoms with Gasteiger partial charge in [-0.3, -0.25) is 0 Å². The smallest absolute Gasteiger partial charge is 0.179 e. The molecule has 1 N–H and O–H groups in total. The van der Waals surface area contributed by atoms with Crippen molar-refractivity contribution >= 4 is 26.0 Å². The van der Waals surface area contributed by atoms with Crippen LogP contribution in [0.3, 0.4) is 0 Å². The van der Waals surface area contributed by atoms with Crippen molar-refractivity contribution in [2.45, 2.75) is 13.3 Å². The lowest BCUT2D eigenvalue weighted by atomic mass is 10.5. The lowest BCUT2D eigenvalue weighted by Gasteiger charge is -2.24. The fourth-order valence-electron chi connectivity index (χ4n) is 1.08. The highest BCUT2D eigenvalue weighted by atomic mass is 79.9. The molecule has 0 atom stereocenters. The van der Waals surface area contributed by atoms with E-state index in [0.29, 0.717) is 17.2 Å². The third kappa shape index (κ3) is 4.86. The fraction of sp³-hybridized carbons (Fsp3) is 0.700. The van der Waals surface area contributed by atoms with Gasteiger partial charge < -0.3 is 14.4 Å². The predicted molar refractivity (Wildman–Crippen MR) is 72.0 cm³/mol. The SMILES string of the molecule is CS(C)(C)CCOCn1cc(CO)nc1Br. The van der Waals surface area contributed by atoms with Crippen LogP contribution in [0.1, 0.15) is 5.69 Å². The Labute approximate surface area is 106 Å². The van der Waals surface area contributed by atoms with Crippen LogP contribution in [0.15, 0.2) is 10.9 Å². The number of imidazole rings is 1. The minimum Gasteiger partial charge on any atom is -0.390 e. The molecule has 0 aromatic carbocycles. The molecule has 1 aromatic rings. The van der Waals surface area contributed by atoms with Gasteiger partial charge in [-0.15, -0.1) is 0 Å². The molecule has 16 heavy (non-hydrogen) atoms. The minimum absolute atomic E-state index is 0.0439. The molecule has 4 nitrogen and oxygen atoms in total. The molecular formula is C10H19BrN2O2S. The van der Waals surface area contributed by atoms with Crippen molar-refractivity contribution in [2.24, 2.45) is 0 Å². The van der Waals surface area contributed by atoms with E-state index in [9.17, 15) is 0 Å². The summed E-state index contributed by atoms with van der Waals surface area (Å²) in [7, 11) is -0.490. The molecule has 0 spiro atoms. The van der Waals surface area contributed by atoms with Crippen molar-refractivity contribution in [3.63, 3.8) is 0 Å². The average molecular weight is 311 g/mol. The Morgan fingerprint density at radius 1 is 1.50 bits per heavy atom. The van der Waals surface area contributed by atoms with E-state index in [0.717, 1.165) is 12.4 Å². The summed E-state index contributed by atoms with van der Waals surface area (Å²) in [6.45, 7) is 1.19. The van der Waals surface area contributed by atoms with E-state index < -0.39 is 10.0 Å². The summed E-state index contributed by atoms with van der Waals surface area (Å²) in [6, 6.07) is 0. The van der Waals surface area contributed by atoms with Gasteiger partial charge in [-0.25, -0.2) is 15.0 Å². The van der Waals surface area contributed by atoms with Gasteiger partial charge in [0.15, 0.2) is 4.73 Å². The molecule has 94 valence electrons. The second-order valence-corrected chi connectivity index (χ2v) is 9.76. The van der Waals surface area contributed by atoms with Gasteiger partial charge >= 0.3 is 0 Å². The highest BCUT2D eigenvalue weighted by Gasteiger charge is 2.06. The quantitative estimate of drug-likeness (QED) is 0.815. The Morgan fingerprint density at radius 3 is 2.69 bits per heavy atom. The van der Waals surface area contributed by atoms with Crippen molar-refractivity contribution in [2.75, 3.05) is 31.1 Å². The van der Waals surface area contributed by atoms with E-state index in [1.165, 1.54) is 0 Å². The zero-order valence-corrected chi connectivity index (χ0v) is 12.3. The second-order valence-electron chi connectivity index (χ2n) is 4.46. The van der Waals surface area contributed by atoms with Gasteiger partial charge in [-0.05, 0) is 34.7 Å². The Morgan fingerprint density at radius 2 is 2.19 bits per heavy atom. The van der Waals surface area contributed by atoms with Crippen LogP contribution in [0, 0.1) is 0 Å². The predicted octanol–water partition coefficient (Wildman–Crippen LogP) is 1.81. The third-order valence-electron chi connectivity index (χ3n) is 2.01. The van der Waals surface area contributed by atoms with Gasteiger partial charge in [0.1, 0.15) is 6.73 Å². The molecule has 1 heterocycles. The summed E-state index contributed by atoms with van der Waals surface area (Å²) >= 11 is 3.32. The van der Waals surface area contributed by atoms with E-state index in [4.69, 9.17) is 9.84 Å². The first-order chi connectivity index (χ1) is 7.42. The highest BCUT2D eigenvalue weighted by Crippen LogP contribution is 2.33. The van der Waals surface area contributed by atoms with Crippen LogP contribution in [-0.2, 0) is 18.1 Å². The molecule has 0 amide bonds. The lowest BCUT2D eigenvalue weighted by molar-refractivity contribution is 0.0879. The van der Waals surface area contributed by atoms with Gasteiger partial charge in [0.05, 0.1) is 18.9 Å². The molecule has 0 bridgehead atoms. The Hall–Kier alpha value is -0.0400. The Bertz CT molecular complexity index is 336. The number of aromatic nitrogens is 2. The van der Waals surface area contributed by atoms with Gasteiger partial charge in [0, 0.05) is 11.9 Å². The third-order valence-corrected chi connectivity index (χ3v) is 4.03. The molecule has 0 aliphatic carbocycles. The topological polar surface area (TPSA) is 47.3 Å². The zero-order valence-electron chi connectivity index (χ0n) is 9.94. The van der Waals surface area contributed by atoms with Crippen molar-refractivity contribution in [3.8, 4) is 0 Å². The van der Waals surface area contributed by atoms with Gasteiger partial charge in [-0.1, -0.05) is 0 Å². The van der Waals surface area contributed by atoms with Crippen molar-refractivity contribution in [1.29, 1.82) is 0 Å². The molecule has 1 rings (SSSR count). The molecular weight excluding hydrogens is 292 g/mol. The second kappa shape index (κ2) is 6.05. The first kappa shape index (κ1) is 14.0. The van der Waals surface area contributed by atoms with E-state index in [1.54, 1.807) is 6.20 Å². The standard InChI is InChI=1S/C10H19BrN2O2S/c1-16(2,3)5-4-15-8-13-6-9(7-14)12-10(13)11/h6,14H,4-5,7-8H2,1-3H3. The minimum atomic E-state index is -0.490. The maximum atomic E-state index is 8.92. The highest BCUT2D eigenvalue weighted by molar-refractivity contribution is 9.10. The molecule has 0 aliphatic heterocycles. The van der Waals surface area contributed by atoms with E-state index in [-0.39, 0.29) is 6.61 Å². The van der Waals surface area contributed by atoms with E-state index >= 15 is 0 Å². The van der Waals surface area contributed by atoms with Crippen LogP contribution >= 0.6 is 26.0 Å². The Balaban J connectivity index is 2.34. The number of hydrogen-bond donors (Lipinski definition) is 1. The monoisotopic (exact) mass is 310 g/mol. The first-order valence-corrected chi connectivity index (χ1v) is 8.80. The molecule has 0 saturated carbocycles. The van der Waals surface area contributed by atoms with Gasteiger partial charge in [-0.2, -0.15) is 0 Å². The largest absolute Gasteiger partial charge is 0.390 e. The van der Waals surface area contributed by atoms with Crippen LogP contribution in [0.2, 0.25) is 0 Å². The number of aliphatic hydroxyl groups excluding tert-OH is 1.